The van der Waals surface area contributed by atoms with Gasteiger partial charge in [0.05, 0.1) is 12.7 Å². The number of rotatable bonds is 4. The molecule has 1 aromatic heterocycles. The fourth-order valence-electron chi connectivity index (χ4n) is 2.29. The van der Waals surface area contributed by atoms with Gasteiger partial charge in [-0.3, -0.25) is 18.7 Å². The minimum absolute atomic E-state index is 0.218. The number of carbonyl (C=O) groups is 1. The van der Waals surface area contributed by atoms with Gasteiger partial charge >= 0.3 is 11.7 Å². The highest BCUT2D eigenvalue weighted by Crippen LogP contribution is 2.21. The molecule has 6 nitrogen and oxygen atoms in total. The molecule has 0 aliphatic carbocycles. The number of carbonyl (C=O) groups excluding carboxylic acids is 1. The Morgan fingerprint density at radius 2 is 1.88 bits per heavy atom. The molecule has 0 saturated heterocycles. The summed E-state index contributed by atoms with van der Waals surface area (Å²) < 4.78 is 33.9. The minimum atomic E-state index is -1.20. The van der Waals surface area contributed by atoms with Crippen molar-refractivity contribution in [2.45, 2.75) is 26.4 Å². The van der Waals surface area contributed by atoms with Gasteiger partial charge in [-0.05, 0) is 19.9 Å². The third-order valence-corrected chi connectivity index (χ3v) is 3.47. The Morgan fingerprint density at radius 1 is 1.21 bits per heavy atom. The molecule has 0 aliphatic heterocycles. The van der Waals surface area contributed by atoms with Crippen LogP contribution in [-0.2, 0) is 16.1 Å². The second-order valence-corrected chi connectivity index (χ2v) is 5.40. The Hall–Kier alpha value is -2.77. The first-order chi connectivity index (χ1) is 11.3. The number of benzene rings is 1. The van der Waals surface area contributed by atoms with Gasteiger partial charge in [-0.1, -0.05) is 12.1 Å². The van der Waals surface area contributed by atoms with Crippen molar-refractivity contribution in [3.8, 4) is 11.1 Å². The zero-order valence-electron chi connectivity index (χ0n) is 13.4. The van der Waals surface area contributed by atoms with Crippen molar-refractivity contribution in [1.29, 1.82) is 0 Å². The summed E-state index contributed by atoms with van der Waals surface area (Å²) in [5.74, 6) is -3.03. The molecule has 0 spiro atoms. The average Bonchev–Trinajstić information content (AvgIpc) is 2.52. The first kappa shape index (κ1) is 17.6. The predicted octanol–water partition coefficient (Wildman–Crippen LogP) is 1.71. The fourth-order valence-corrected chi connectivity index (χ4v) is 2.29. The summed E-state index contributed by atoms with van der Waals surface area (Å²) in [6.07, 6.45) is 1.04. The number of aromatic nitrogens is 2. The van der Waals surface area contributed by atoms with Crippen LogP contribution in [0.4, 0.5) is 8.78 Å². The van der Waals surface area contributed by atoms with Gasteiger partial charge in [0.25, 0.3) is 5.56 Å². The Labute approximate surface area is 135 Å². The number of ether oxygens (including phenoxy) is 1. The summed E-state index contributed by atoms with van der Waals surface area (Å²) in [5, 5.41) is 0. The molecule has 0 aliphatic rings. The lowest BCUT2D eigenvalue weighted by atomic mass is 10.1. The standard InChI is InChI=1S/C16H16F2N2O4/c1-9(2)20-15(22)11(10-5-4-6-12(17)14(10)18)7-19(16(20)23)8-13(21)24-3/h4-7,9H,8H2,1-3H3. The van der Waals surface area contributed by atoms with E-state index in [4.69, 9.17) is 0 Å². The molecular weight excluding hydrogens is 322 g/mol. The first-order valence-electron chi connectivity index (χ1n) is 7.15. The maximum Gasteiger partial charge on any atom is 0.331 e. The molecule has 0 N–H and O–H groups in total. The number of hydrogen-bond acceptors (Lipinski definition) is 4. The van der Waals surface area contributed by atoms with Crippen LogP contribution in [0, 0.1) is 11.6 Å². The van der Waals surface area contributed by atoms with Gasteiger partial charge in [-0.15, -0.1) is 0 Å². The van der Waals surface area contributed by atoms with Crippen LogP contribution in [0.1, 0.15) is 19.9 Å². The van der Waals surface area contributed by atoms with Gasteiger partial charge in [0.2, 0.25) is 0 Å². The van der Waals surface area contributed by atoms with Crippen LogP contribution in [0.2, 0.25) is 0 Å². The Morgan fingerprint density at radius 3 is 2.46 bits per heavy atom. The molecule has 0 atom stereocenters. The lowest BCUT2D eigenvalue weighted by Gasteiger charge is -2.15. The Bertz CT molecular complexity index is 900. The van der Waals surface area contributed by atoms with Crippen LogP contribution in [0.3, 0.4) is 0 Å². The van der Waals surface area contributed by atoms with E-state index in [9.17, 15) is 23.2 Å². The molecule has 2 aromatic rings. The third kappa shape index (κ3) is 3.12. The van der Waals surface area contributed by atoms with E-state index in [0.29, 0.717) is 0 Å². The van der Waals surface area contributed by atoms with Crippen LogP contribution in [-0.4, -0.2) is 22.2 Å². The zero-order chi connectivity index (χ0) is 18.0. The molecule has 1 aromatic carbocycles. The summed E-state index contributed by atoms with van der Waals surface area (Å²) >= 11 is 0. The molecule has 0 saturated carbocycles. The molecule has 0 fully saturated rings. The van der Waals surface area contributed by atoms with Crippen molar-refractivity contribution < 1.29 is 18.3 Å². The summed E-state index contributed by atoms with van der Waals surface area (Å²) in [7, 11) is 1.15. The maximum atomic E-state index is 14.1. The van der Waals surface area contributed by atoms with E-state index >= 15 is 0 Å². The van der Waals surface area contributed by atoms with Crippen molar-refractivity contribution in [3.63, 3.8) is 0 Å². The predicted molar refractivity (Wildman–Crippen MR) is 82.7 cm³/mol. The van der Waals surface area contributed by atoms with Crippen molar-refractivity contribution >= 4 is 5.97 Å². The Kier molecular flexibility index (Phi) is 4.96. The minimum Gasteiger partial charge on any atom is -0.468 e. The van der Waals surface area contributed by atoms with Gasteiger partial charge in [0.1, 0.15) is 6.54 Å². The van der Waals surface area contributed by atoms with Crippen molar-refractivity contribution in [2.75, 3.05) is 7.11 Å². The molecule has 1 heterocycles. The lowest BCUT2D eigenvalue weighted by Crippen LogP contribution is -2.42. The Balaban J connectivity index is 2.81. The third-order valence-electron chi connectivity index (χ3n) is 3.47. The van der Waals surface area contributed by atoms with Gasteiger partial charge in [0.15, 0.2) is 11.6 Å². The number of esters is 1. The summed E-state index contributed by atoms with van der Waals surface area (Å²) in [5.41, 5.74) is -2.00. The second-order valence-electron chi connectivity index (χ2n) is 5.40. The van der Waals surface area contributed by atoms with Crippen LogP contribution in [0.5, 0.6) is 0 Å². The highest BCUT2D eigenvalue weighted by Gasteiger charge is 2.20. The first-order valence-corrected chi connectivity index (χ1v) is 7.15. The molecule has 0 unspecified atom stereocenters. The normalized spacial score (nSPS) is 10.9. The van der Waals surface area contributed by atoms with E-state index in [2.05, 4.69) is 4.74 Å². The second kappa shape index (κ2) is 6.77. The average molecular weight is 338 g/mol. The molecule has 0 amide bonds. The molecule has 2 rings (SSSR count). The van der Waals surface area contributed by atoms with Crippen LogP contribution in [0.25, 0.3) is 11.1 Å². The molecule has 8 heteroatoms. The van der Waals surface area contributed by atoms with Gasteiger partial charge in [-0.2, -0.15) is 0 Å². The summed E-state index contributed by atoms with van der Waals surface area (Å²) in [6.45, 7) is 2.74. The largest absolute Gasteiger partial charge is 0.468 e. The number of hydrogen-bond donors (Lipinski definition) is 0. The maximum absolute atomic E-state index is 14.1. The van der Waals surface area contributed by atoms with Crippen LogP contribution >= 0.6 is 0 Å². The van der Waals surface area contributed by atoms with Gasteiger partial charge in [-0.25, -0.2) is 13.6 Å². The molecular formula is C16H16F2N2O4. The van der Waals surface area contributed by atoms with E-state index in [1.807, 2.05) is 0 Å². The van der Waals surface area contributed by atoms with E-state index < -0.39 is 41.4 Å². The van der Waals surface area contributed by atoms with Crippen LogP contribution in [0.15, 0.2) is 34.0 Å². The summed E-state index contributed by atoms with van der Waals surface area (Å²) in [6, 6.07) is 2.87. The fraction of sp³-hybridized carbons (Fsp3) is 0.312. The number of methoxy groups -OCH3 is 1. The molecule has 0 bridgehead atoms. The van der Waals surface area contributed by atoms with E-state index in [1.54, 1.807) is 13.8 Å². The van der Waals surface area contributed by atoms with Gasteiger partial charge in [0, 0.05) is 17.8 Å². The van der Waals surface area contributed by atoms with Crippen LogP contribution < -0.4 is 11.2 Å². The highest BCUT2D eigenvalue weighted by atomic mass is 19.2. The van der Waals surface area contributed by atoms with Crippen molar-refractivity contribution in [1.82, 2.24) is 9.13 Å². The van der Waals surface area contributed by atoms with E-state index in [0.717, 1.165) is 28.5 Å². The smallest absolute Gasteiger partial charge is 0.331 e. The number of nitrogens with zero attached hydrogens (tertiary/aromatic N) is 2. The van der Waals surface area contributed by atoms with Gasteiger partial charge < -0.3 is 4.74 Å². The zero-order valence-corrected chi connectivity index (χ0v) is 13.4. The molecule has 24 heavy (non-hydrogen) atoms. The summed E-state index contributed by atoms with van der Waals surface area (Å²) in [4.78, 5) is 36.4. The quantitative estimate of drug-likeness (QED) is 0.796. The monoisotopic (exact) mass is 338 g/mol. The molecule has 0 radical (unpaired) electrons. The van der Waals surface area contributed by atoms with Crippen molar-refractivity contribution in [2.24, 2.45) is 0 Å². The topological polar surface area (TPSA) is 70.3 Å². The lowest BCUT2D eigenvalue weighted by molar-refractivity contribution is -0.141. The highest BCUT2D eigenvalue weighted by molar-refractivity contribution is 5.69. The SMILES string of the molecule is COC(=O)Cn1cc(-c2cccc(F)c2F)c(=O)n(C(C)C)c1=O. The molecule has 128 valence electrons. The van der Waals surface area contributed by atoms with Crippen molar-refractivity contribution in [3.05, 3.63) is 56.9 Å². The van der Waals surface area contributed by atoms with E-state index in [-0.39, 0.29) is 11.1 Å². The van der Waals surface area contributed by atoms with E-state index in [1.165, 1.54) is 12.1 Å². The number of halogens is 2.